The molecule has 2 aliphatic rings. The van der Waals surface area contributed by atoms with Crippen LogP contribution in [0.1, 0.15) is 158 Å². The second kappa shape index (κ2) is 16.0. The average molecular weight is 877 g/mol. The lowest BCUT2D eigenvalue weighted by atomic mass is 9.86. The Morgan fingerprint density at radius 2 is 0.394 bits per heavy atom. The molecule has 4 heteroatoms. The lowest BCUT2D eigenvalue weighted by molar-refractivity contribution is 0.590. The number of anilines is 8. The van der Waals surface area contributed by atoms with Gasteiger partial charge in [-0.3, -0.25) is 19.6 Å². The first kappa shape index (κ1) is 46.8. The molecule has 0 N–H and O–H groups in total. The number of hydrogen-bond acceptors (Lipinski definition) is 4. The third-order valence-corrected chi connectivity index (χ3v) is 13.7. The molecule has 0 amide bonds. The molecule has 0 fully saturated rings. The summed E-state index contributed by atoms with van der Waals surface area (Å²) >= 11 is 0. The normalized spacial score (nSPS) is 16.0. The molecule has 0 saturated carbocycles. The van der Waals surface area contributed by atoms with Gasteiger partial charge in [-0.2, -0.15) is 0 Å². The molecular weight excluding hydrogens is 801 g/mol. The van der Waals surface area contributed by atoms with Crippen LogP contribution in [0, 0.1) is 0 Å². The van der Waals surface area contributed by atoms with Gasteiger partial charge < -0.3 is 0 Å². The molecule has 344 valence electrons. The zero-order valence-corrected chi connectivity index (χ0v) is 43.5. The van der Waals surface area contributed by atoms with Gasteiger partial charge in [0.25, 0.3) is 0 Å². The molecule has 6 aromatic carbocycles. The van der Waals surface area contributed by atoms with Gasteiger partial charge in [0.05, 0.1) is 22.7 Å². The maximum absolute atomic E-state index is 2.55. The molecule has 2 heterocycles. The average Bonchev–Trinajstić information content (AvgIpc) is 3.74. The van der Waals surface area contributed by atoms with Gasteiger partial charge in [0.2, 0.25) is 0 Å². The molecule has 0 spiro atoms. The molecule has 0 unspecified atom stereocenters. The maximum Gasteiger partial charge on any atom is 0.166 e. The Bertz CT molecular complexity index is 2570. The Hall–Kier alpha value is -5.74. The number of hydrogen-bond donors (Lipinski definition) is 0. The van der Waals surface area contributed by atoms with E-state index >= 15 is 0 Å². The van der Waals surface area contributed by atoms with Crippen LogP contribution in [0.4, 0.5) is 45.5 Å². The van der Waals surface area contributed by atoms with E-state index < -0.39 is 0 Å². The third-order valence-electron chi connectivity index (χ3n) is 13.7. The van der Waals surface area contributed by atoms with Crippen molar-refractivity contribution in [2.24, 2.45) is 0 Å². The van der Waals surface area contributed by atoms with Crippen molar-refractivity contribution < 1.29 is 0 Å². The molecule has 4 nitrogen and oxygen atoms in total. The summed E-state index contributed by atoms with van der Waals surface area (Å²) in [6.45, 7) is 41.5. The number of rotatable bonds is 4. The van der Waals surface area contributed by atoms with Crippen LogP contribution in [0.15, 0.2) is 145 Å². The minimum atomic E-state index is -0.0690. The van der Waals surface area contributed by atoms with Crippen LogP contribution in [-0.4, -0.2) is 0 Å². The number of fused-ring (bicyclic) bond motifs is 2. The van der Waals surface area contributed by atoms with Crippen molar-refractivity contribution in [2.45, 2.75) is 157 Å². The van der Waals surface area contributed by atoms with E-state index in [4.69, 9.17) is 0 Å². The second-order valence-corrected chi connectivity index (χ2v) is 25.1. The Balaban J connectivity index is 1.56. The van der Waals surface area contributed by atoms with Gasteiger partial charge in [0.1, 0.15) is 0 Å². The van der Waals surface area contributed by atoms with E-state index in [-0.39, 0.29) is 32.5 Å². The Labute approximate surface area is 399 Å². The van der Waals surface area contributed by atoms with Crippen molar-refractivity contribution >= 4 is 45.5 Å². The molecule has 0 aromatic heterocycles. The lowest BCUT2D eigenvalue weighted by Crippen LogP contribution is -2.33. The molecule has 8 rings (SSSR count). The predicted octanol–water partition coefficient (Wildman–Crippen LogP) is 17.9. The quantitative estimate of drug-likeness (QED) is 0.175. The summed E-state index contributed by atoms with van der Waals surface area (Å²) in [4.78, 5) is 10.2. The van der Waals surface area contributed by atoms with Crippen LogP contribution in [0.3, 0.4) is 0 Å². The van der Waals surface area contributed by atoms with E-state index in [1.807, 2.05) is 0 Å². The van der Waals surface area contributed by atoms with E-state index in [2.05, 4.69) is 278 Å². The lowest BCUT2D eigenvalue weighted by Gasteiger charge is -2.35. The summed E-state index contributed by atoms with van der Waals surface area (Å²) in [5, 5.41) is 0. The van der Waals surface area contributed by atoms with Gasteiger partial charge in [0.15, 0.2) is 11.6 Å². The van der Waals surface area contributed by atoms with E-state index in [9.17, 15) is 0 Å². The van der Waals surface area contributed by atoms with E-state index in [0.29, 0.717) is 0 Å². The fourth-order valence-corrected chi connectivity index (χ4v) is 9.26. The van der Waals surface area contributed by atoms with Crippen molar-refractivity contribution in [1.82, 2.24) is 0 Å². The first-order chi connectivity index (χ1) is 30.5. The van der Waals surface area contributed by atoms with Gasteiger partial charge in [0, 0.05) is 22.7 Å². The zero-order valence-electron chi connectivity index (χ0n) is 43.5. The summed E-state index contributed by atoms with van der Waals surface area (Å²) in [7, 11) is 0. The number of benzene rings is 6. The Kier molecular flexibility index (Phi) is 11.3. The van der Waals surface area contributed by atoms with E-state index in [0.717, 1.165) is 57.1 Å². The minimum absolute atomic E-state index is 0.00682. The van der Waals surface area contributed by atoms with Crippen LogP contribution in [0.25, 0.3) is 0 Å². The molecule has 2 aliphatic heterocycles. The second-order valence-electron chi connectivity index (χ2n) is 25.1. The summed E-state index contributed by atoms with van der Waals surface area (Å²) in [6, 6.07) is 51.6. The van der Waals surface area contributed by atoms with Gasteiger partial charge >= 0.3 is 0 Å². The standard InChI is InChI=1S/C62H76N4/c1-57(2,3)41-19-29-47(30-20-41)63-51-37-27-45(61(13,14)15)39-53(51)65(49-33-23-43(24-34-49)59(7,8)9)55(63)56-64(48-31-21-42(22-32-48)58(4,5)6)52-38-28-46(62(16,17)18)40-54(52)66(56)50-35-25-44(26-36-50)60(10,11)12/h19-40H,1-18H3/b56-55-. The van der Waals surface area contributed by atoms with Crippen LogP contribution in [0.5, 0.6) is 0 Å². The zero-order chi connectivity index (χ0) is 48.1. The highest BCUT2D eigenvalue weighted by molar-refractivity contribution is 6.00. The summed E-state index contributed by atoms with van der Waals surface area (Å²) in [5.41, 5.74) is 16.8. The molecule has 0 atom stereocenters. The molecule has 6 aromatic rings. The highest BCUT2D eigenvalue weighted by Crippen LogP contribution is 2.58. The smallest absolute Gasteiger partial charge is 0.166 e. The largest absolute Gasteiger partial charge is 0.291 e. The summed E-state index contributed by atoms with van der Waals surface area (Å²) in [6.07, 6.45) is 0. The van der Waals surface area contributed by atoms with Crippen LogP contribution < -0.4 is 19.6 Å². The van der Waals surface area contributed by atoms with Crippen molar-refractivity contribution in [1.29, 1.82) is 0 Å². The van der Waals surface area contributed by atoms with Gasteiger partial charge in [-0.1, -0.05) is 185 Å². The molecule has 66 heavy (non-hydrogen) atoms. The van der Waals surface area contributed by atoms with Crippen molar-refractivity contribution in [3.8, 4) is 0 Å². The molecule has 0 saturated heterocycles. The van der Waals surface area contributed by atoms with Gasteiger partial charge in [-0.25, -0.2) is 0 Å². The van der Waals surface area contributed by atoms with Crippen LogP contribution in [0.2, 0.25) is 0 Å². The predicted molar refractivity (Wildman–Crippen MR) is 286 cm³/mol. The van der Waals surface area contributed by atoms with E-state index in [1.54, 1.807) is 0 Å². The first-order valence-corrected chi connectivity index (χ1v) is 24.2. The van der Waals surface area contributed by atoms with Crippen LogP contribution >= 0.6 is 0 Å². The molecular formula is C62H76N4. The summed E-state index contributed by atoms with van der Waals surface area (Å²) in [5.74, 6) is 2.13. The SMILES string of the molecule is CC(C)(C)c1ccc(N2/C(=C3\N(c4ccc(C(C)(C)C)cc4)c4ccc(C(C)(C)C)cc4N3c3ccc(C(C)(C)C)cc3)N(c3ccc(C(C)(C)C)cc3)c3cc(C(C)(C)C)ccc32)cc1. The molecule has 0 radical (unpaired) electrons. The topological polar surface area (TPSA) is 13.0 Å². The van der Waals surface area contributed by atoms with Crippen LogP contribution in [-0.2, 0) is 32.5 Å². The fourth-order valence-electron chi connectivity index (χ4n) is 9.26. The third kappa shape index (κ3) is 8.69. The summed E-state index contributed by atoms with van der Waals surface area (Å²) < 4.78 is 0. The van der Waals surface area contributed by atoms with Crippen molar-refractivity contribution in [3.63, 3.8) is 0 Å². The Morgan fingerprint density at radius 1 is 0.212 bits per heavy atom. The fraction of sp³-hybridized carbons (Fsp3) is 0.387. The number of nitrogens with zero attached hydrogens (tertiary/aromatic N) is 4. The monoisotopic (exact) mass is 877 g/mol. The van der Waals surface area contributed by atoms with Gasteiger partial charge in [-0.15, -0.1) is 0 Å². The van der Waals surface area contributed by atoms with Crippen molar-refractivity contribution in [2.75, 3.05) is 19.6 Å². The Morgan fingerprint density at radius 3 is 0.591 bits per heavy atom. The maximum atomic E-state index is 2.55. The van der Waals surface area contributed by atoms with Gasteiger partial charge in [-0.05, 0) is 139 Å². The highest BCUT2D eigenvalue weighted by Gasteiger charge is 2.45. The highest BCUT2D eigenvalue weighted by atomic mass is 15.5. The van der Waals surface area contributed by atoms with Crippen molar-refractivity contribution in [3.05, 3.63) is 178 Å². The van der Waals surface area contributed by atoms with E-state index in [1.165, 1.54) is 33.4 Å². The minimum Gasteiger partial charge on any atom is -0.291 e. The molecule has 0 bridgehead atoms. The molecule has 0 aliphatic carbocycles. The first-order valence-electron chi connectivity index (χ1n) is 24.2.